The van der Waals surface area contributed by atoms with Crippen LogP contribution >= 0.6 is 0 Å². The summed E-state index contributed by atoms with van der Waals surface area (Å²) in [5.41, 5.74) is 1.96. The zero-order valence-corrected chi connectivity index (χ0v) is 9.96. The van der Waals surface area contributed by atoms with Crippen LogP contribution in [0, 0.1) is 0 Å². The van der Waals surface area contributed by atoms with Gasteiger partial charge in [0.25, 0.3) is 5.56 Å². The van der Waals surface area contributed by atoms with Gasteiger partial charge in [0.15, 0.2) is 5.82 Å². The van der Waals surface area contributed by atoms with Gasteiger partial charge >= 0.3 is 5.97 Å². The van der Waals surface area contributed by atoms with Crippen molar-refractivity contribution in [2.75, 3.05) is 4.90 Å². The van der Waals surface area contributed by atoms with Crippen LogP contribution in [0.5, 0.6) is 0 Å². The van der Waals surface area contributed by atoms with E-state index in [1.165, 1.54) is 12.4 Å². The van der Waals surface area contributed by atoms with Gasteiger partial charge in [0.2, 0.25) is 0 Å². The SMILES string of the molecule is O=C(O)c1ccc2c(c1)CN(c1ncc[nH]c1=O)C2. The van der Waals surface area contributed by atoms with Gasteiger partial charge in [-0.15, -0.1) is 0 Å². The fourth-order valence-corrected chi connectivity index (χ4v) is 2.25. The second-order valence-electron chi connectivity index (χ2n) is 4.39. The number of nitrogens with one attached hydrogen (secondary N) is 1. The Morgan fingerprint density at radius 2 is 2.11 bits per heavy atom. The summed E-state index contributed by atoms with van der Waals surface area (Å²) in [6, 6.07) is 5.01. The number of anilines is 1. The number of H-pyrrole nitrogens is 1. The Hall–Kier alpha value is -2.63. The number of hydrogen-bond acceptors (Lipinski definition) is 4. The maximum absolute atomic E-state index is 11.7. The number of hydrogen-bond donors (Lipinski definition) is 2. The molecule has 96 valence electrons. The summed E-state index contributed by atoms with van der Waals surface area (Å²) in [5.74, 6) is -0.590. The number of aromatic carboxylic acids is 1. The van der Waals surface area contributed by atoms with Gasteiger partial charge in [-0.3, -0.25) is 4.79 Å². The number of nitrogens with zero attached hydrogens (tertiary/aromatic N) is 2. The lowest BCUT2D eigenvalue weighted by Gasteiger charge is -2.14. The molecule has 2 heterocycles. The molecule has 0 bridgehead atoms. The third-order valence-corrected chi connectivity index (χ3v) is 3.16. The fraction of sp³-hybridized carbons (Fsp3) is 0.154. The monoisotopic (exact) mass is 257 g/mol. The highest BCUT2D eigenvalue weighted by Gasteiger charge is 2.22. The highest BCUT2D eigenvalue weighted by Crippen LogP contribution is 2.25. The quantitative estimate of drug-likeness (QED) is 0.837. The smallest absolute Gasteiger partial charge is 0.335 e. The average Bonchev–Trinajstić information content (AvgIpc) is 2.81. The standard InChI is InChI=1S/C13H11N3O3/c17-12-11(14-3-4-15-12)16-6-9-2-1-8(13(18)19)5-10(9)7-16/h1-5H,6-7H2,(H,15,17)(H,18,19). The first-order valence-electron chi connectivity index (χ1n) is 5.79. The number of fused-ring (bicyclic) bond motifs is 1. The molecular weight excluding hydrogens is 246 g/mol. The molecule has 0 amide bonds. The van der Waals surface area contributed by atoms with Crippen molar-refractivity contribution in [2.24, 2.45) is 0 Å². The molecule has 6 heteroatoms. The third-order valence-electron chi connectivity index (χ3n) is 3.16. The van der Waals surface area contributed by atoms with E-state index < -0.39 is 5.97 Å². The Morgan fingerprint density at radius 1 is 1.32 bits per heavy atom. The van der Waals surface area contributed by atoms with Crippen LogP contribution in [0.2, 0.25) is 0 Å². The highest BCUT2D eigenvalue weighted by atomic mass is 16.4. The average molecular weight is 257 g/mol. The van der Waals surface area contributed by atoms with Crippen molar-refractivity contribution < 1.29 is 9.90 Å². The molecule has 1 aliphatic rings. The number of benzene rings is 1. The molecule has 0 radical (unpaired) electrons. The Labute approximate surface area is 108 Å². The fourth-order valence-electron chi connectivity index (χ4n) is 2.25. The molecule has 0 saturated carbocycles. The molecular formula is C13H11N3O3. The zero-order chi connectivity index (χ0) is 13.4. The van der Waals surface area contributed by atoms with Crippen LogP contribution in [0.3, 0.4) is 0 Å². The molecule has 0 spiro atoms. The lowest BCUT2D eigenvalue weighted by molar-refractivity contribution is 0.0697. The van der Waals surface area contributed by atoms with Crippen molar-refractivity contribution >= 4 is 11.8 Å². The van der Waals surface area contributed by atoms with E-state index in [0.717, 1.165) is 11.1 Å². The van der Waals surface area contributed by atoms with Gasteiger partial charge in [-0.2, -0.15) is 0 Å². The van der Waals surface area contributed by atoms with E-state index in [-0.39, 0.29) is 11.1 Å². The van der Waals surface area contributed by atoms with Gasteiger partial charge in [0, 0.05) is 25.5 Å². The molecule has 2 N–H and O–H groups in total. The number of rotatable bonds is 2. The lowest BCUT2D eigenvalue weighted by Crippen LogP contribution is -2.24. The summed E-state index contributed by atoms with van der Waals surface area (Å²) in [4.78, 5) is 31.1. The van der Waals surface area contributed by atoms with E-state index in [0.29, 0.717) is 18.9 Å². The lowest BCUT2D eigenvalue weighted by atomic mass is 10.1. The van der Waals surface area contributed by atoms with Crippen LogP contribution in [0.25, 0.3) is 0 Å². The van der Waals surface area contributed by atoms with Gasteiger partial charge in [-0.25, -0.2) is 9.78 Å². The topological polar surface area (TPSA) is 86.3 Å². The molecule has 0 fully saturated rings. The van der Waals surface area contributed by atoms with Crippen LogP contribution in [-0.4, -0.2) is 21.0 Å². The van der Waals surface area contributed by atoms with Crippen LogP contribution < -0.4 is 10.5 Å². The molecule has 19 heavy (non-hydrogen) atoms. The maximum Gasteiger partial charge on any atom is 0.335 e. The minimum Gasteiger partial charge on any atom is -0.478 e. The van der Waals surface area contributed by atoms with Gasteiger partial charge in [0.1, 0.15) is 0 Å². The molecule has 1 aromatic heterocycles. The van der Waals surface area contributed by atoms with E-state index in [2.05, 4.69) is 9.97 Å². The first kappa shape index (κ1) is 11.5. The predicted octanol–water partition coefficient (Wildman–Crippen LogP) is 0.988. The molecule has 0 aliphatic carbocycles. The number of carbonyl (C=O) groups is 1. The number of aromatic nitrogens is 2. The molecule has 0 unspecified atom stereocenters. The van der Waals surface area contributed by atoms with Crippen molar-refractivity contribution in [3.8, 4) is 0 Å². The van der Waals surface area contributed by atoms with Crippen molar-refractivity contribution in [2.45, 2.75) is 13.1 Å². The number of carboxylic acids is 1. The molecule has 0 atom stereocenters. The Kier molecular flexibility index (Phi) is 2.56. The summed E-state index contributed by atoms with van der Waals surface area (Å²) >= 11 is 0. The summed E-state index contributed by atoms with van der Waals surface area (Å²) in [6.45, 7) is 1.06. The van der Waals surface area contributed by atoms with Gasteiger partial charge in [-0.05, 0) is 23.3 Å². The van der Waals surface area contributed by atoms with E-state index in [9.17, 15) is 9.59 Å². The van der Waals surface area contributed by atoms with E-state index in [4.69, 9.17) is 5.11 Å². The Balaban J connectivity index is 1.95. The summed E-state index contributed by atoms with van der Waals surface area (Å²) in [5, 5.41) is 8.96. The summed E-state index contributed by atoms with van der Waals surface area (Å²) < 4.78 is 0. The number of carboxylic acid groups (broad SMARTS) is 1. The van der Waals surface area contributed by atoms with Crippen molar-refractivity contribution in [3.05, 3.63) is 57.6 Å². The first-order chi connectivity index (χ1) is 9.15. The summed E-state index contributed by atoms with van der Waals surface area (Å²) in [6.07, 6.45) is 3.01. The van der Waals surface area contributed by atoms with Crippen LogP contribution in [0.1, 0.15) is 21.5 Å². The highest BCUT2D eigenvalue weighted by molar-refractivity contribution is 5.88. The predicted molar refractivity (Wildman–Crippen MR) is 68.1 cm³/mol. The molecule has 1 aliphatic heterocycles. The van der Waals surface area contributed by atoms with Crippen molar-refractivity contribution in [3.63, 3.8) is 0 Å². The zero-order valence-electron chi connectivity index (χ0n) is 9.96. The first-order valence-corrected chi connectivity index (χ1v) is 5.79. The Morgan fingerprint density at radius 3 is 2.84 bits per heavy atom. The van der Waals surface area contributed by atoms with Crippen molar-refractivity contribution in [1.29, 1.82) is 0 Å². The molecule has 2 aromatic rings. The number of aromatic amines is 1. The van der Waals surface area contributed by atoms with E-state index >= 15 is 0 Å². The largest absolute Gasteiger partial charge is 0.478 e. The van der Waals surface area contributed by atoms with Gasteiger partial charge < -0.3 is 15.0 Å². The van der Waals surface area contributed by atoms with Crippen molar-refractivity contribution in [1.82, 2.24) is 9.97 Å². The van der Waals surface area contributed by atoms with Crippen LogP contribution in [0.15, 0.2) is 35.4 Å². The third kappa shape index (κ3) is 1.97. The van der Waals surface area contributed by atoms with Crippen LogP contribution in [-0.2, 0) is 13.1 Å². The van der Waals surface area contributed by atoms with Gasteiger partial charge in [-0.1, -0.05) is 6.07 Å². The van der Waals surface area contributed by atoms with E-state index in [1.807, 2.05) is 4.90 Å². The maximum atomic E-state index is 11.7. The molecule has 6 nitrogen and oxygen atoms in total. The molecule has 3 rings (SSSR count). The second kappa shape index (κ2) is 4.24. The normalized spacial score (nSPS) is 13.4. The van der Waals surface area contributed by atoms with Crippen LogP contribution in [0.4, 0.5) is 5.82 Å². The van der Waals surface area contributed by atoms with E-state index in [1.54, 1.807) is 18.2 Å². The Bertz CT molecular complexity index is 708. The minimum atomic E-state index is -0.947. The summed E-state index contributed by atoms with van der Waals surface area (Å²) in [7, 11) is 0. The molecule has 1 aromatic carbocycles. The minimum absolute atomic E-state index is 0.242. The van der Waals surface area contributed by atoms with Gasteiger partial charge in [0.05, 0.1) is 5.56 Å². The molecule has 0 saturated heterocycles. The second-order valence-corrected chi connectivity index (χ2v) is 4.39.